The fourth-order valence-corrected chi connectivity index (χ4v) is 2.70. The smallest absolute Gasteiger partial charge is 0.251 e. The summed E-state index contributed by atoms with van der Waals surface area (Å²) >= 11 is 0. The normalized spacial score (nSPS) is 19.1. The maximum atomic E-state index is 12.5. The molecule has 1 saturated heterocycles. The second-order valence-electron chi connectivity index (χ2n) is 5.97. The average molecular weight is 284 g/mol. The fourth-order valence-electron chi connectivity index (χ4n) is 2.70. The second-order valence-corrected chi connectivity index (χ2v) is 5.97. The van der Waals surface area contributed by atoms with Gasteiger partial charge in [0, 0.05) is 32.1 Å². The minimum Gasteiger partial charge on any atom is -0.384 e. The number of carbonyl (C=O) groups is 2. The van der Waals surface area contributed by atoms with Crippen LogP contribution in [0.4, 0.5) is 0 Å². The summed E-state index contributed by atoms with van der Waals surface area (Å²) in [7, 11) is 0. The van der Waals surface area contributed by atoms with Crippen LogP contribution in [0.25, 0.3) is 0 Å². The van der Waals surface area contributed by atoms with Gasteiger partial charge in [-0.1, -0.05) is 27.2 Å². The summed E-state index contributed by atoms with van der Waals surface area (Å²) in [5.74, 6) is 0.399. The van der Waals surface area contributed by atoms with Gasteiger partial charge >= 0.3 is 0 Å². The minimum atomic E-state index is -0.958. The Kier molecular flexibility index (Phi) is 6.46. The van der Waals surface area contributed by atoms with E-state index in [2.05, 4.69) is 20.8 Å². The van der Waals surface area contributed by atoms with Crippen molar-refractivity contribution in [1.29, 1.82) is 0 Å². The predicted molar refractivity (Wildman–Crippen MR) is 78.1 cm³/mol. The monoisotopic (exact) mass is 284 g/mol. The van der Waals surface area contributed by atoms with E-state index in [-0.39, 0.29) is 17.7 Å². The van der Waals surface area contributed by atoms with Crippen LogP contribution in [0.1, 0.15) is 40.5 Å². The number of nitrogens with zero attached hydrogens (tertiary/aromatic N) is 2. The quantitative estimate of drug-likeness (QED) is 0.822. The number of amides is 2. The first-order valence-corrected chi connectivity index (χ1v) is 7.64. The molecule has 0 bridgehead atoms. The summed E-state index contributed by atoms with van der Waals surface area (Å²) < 4.78 is 0. The van der Waals surface area contributed by atoms with Crippen molar-refractivity contribution in [3.63, 3.8) is 0 Å². The SMILES string of the molecule is CCCC(C(=O)N1CCN(C(=O)C(C)O)CC1)C(C)C. The Hall–Kier alpha value is -1.10. The van der Waals surface area contributed by atoms with Crippen LogP contribution in [0.5, 0.6) is 0 Å². The lowest BCUT2D eigenvalue weighted by atomic mass is 9.90. The lowest BCUT2D eigenvalue weighted by Crippen LogP contribution is -2.54. The predicted octanol–water partition coefficient (Wildman–Crippen LogP) is 1.11. The molecule has 5 nitrogen and oxygen atoms in total. The van der Waals surface area contributed by atoms with Gasteiger partial charge in [-0.3, -0.25) is 9.59 Å². The van der Waals surface area contributed by atoms with Crippen molar-refractivity contribution < 1.29 is 14.7 Å². The third-order valence-corrected chi connectivity index (χ3v) is 3.98. The first-order valence-electron chi connectivity index (χ1n) is 7.64. The molecule has 0 aliphatic carbocycles. The van der Waals surface area contributed by atoms with Crippen LogP contribution < -0.4 is 0 Å². The van der Waals surface area contributed by atoms with E-state index in [4.69, 9.17) is 0 Å². The molecule has 2 amide bonds. The van der Waals surface area contributed by atoms with Crippen molar-refractivity contribution in [3.05, 3.63) is 0 Å². The molecule has 20 heavy (non-hydrogen) atoms. The Balaban J connectivity index is 2.56. The number of rotatable bonds is 5. The van der Waals surface area contributed by atoms with Gasteiger partial charge in [0.2, 0.25) is 5.91 Å². The summed E-state index contributed by atoms with van der Waals surface area (Å²) in [4.78, 5) is 27.7. The van der Waals surface area contributed by atoms with Crippen LogP contribution in [0, 0.1) is 11.8 Å². The van der Waals surface area contributed by atoms with Crippen LogP contribution in [0.15, 0.2) is 0 Å². The highest BCUT2D eigenvalue weighted by atomic mass is 16.3. The molecular formula is C15H28N2O3. The Labute approximate surface area is 121 Å². The Morgan fingerprint density at radius 2 is 1.45 bits per heavy atom. The summed E-state index contributed by atoms with van der Waals surface area (Å²) in [5, 5.41) is 9.31. The molecule has 0 spiro atoms. The van der Waals surface area contributed by atoms with Crippen LogP contribution in [0.3, 0.4) is 0 Å². The minimum absolute atomic E-state index is 0.0824. The van der Waals surface area contributed by atoms with Gasteiger partial charge in [0.1, 0.15) is 6.10 Å². The number of hydrogen-bond acceptors (Lipinski definition) is 3. The van der Waals surface area contributed by atoms with E-state index < -0.39 is 6.10 Å². The first kappa shape index (κ1) is 17.0. The van der Waals surface area contributed by atoms with Crippen molar-refractivity contribution in [2.24, 2.45) is 11.8 Å². The van der Waals surface area contributed by atoms with Crippen molar-refractivity contribution in [1.82, 2.24) is 9.80 Å². The maximum absolute atomic E-state index is 12.5. The molecule has 2 unspecified atom stereocenters. The van der Waals surface area contributed by atoms with Crippen molar-refractivity contribution >= 4 is 11.8 Å². The molecule has 1 rings (SSSR count). The van der Waals surface area contributed by atoms with Gasteiger partial charge in [-0.05, 0) is 19.3 Å². The fraction of sp³-hybridized carbons (Fsp3) is 0.867. The number of aliphatic hydroxyl groups is 1. The van der Waals surface area contributed by atoms with Gasteiger partial charge in [-0.2, -0.15) is 0 Å². The van der Waals surface area contributed by atoms with Gasteiger partial charge in [0.05, 0.1) is 0 Å². The van der Waals surface area contributed by atoms with Crippen LogP contribution in [-0.4, -0.2) is 59.0 Å². The third-order valence-electron chi connectivity index (χ3n) is 3.98. The second kappa shape index (κ2) is 7.62. The van der Waals surface area contributed by atoms with Crippen LogP contribution >= 0.6 is 0 Å². The highest BCUT2D eigenvalue weighted by Gasteiger charge is 2.30. The van der Waals surface area contributed by atoms with Crippen molar-refractivity contribution in [2.45, 2.75) is 46.6 Å². The van der Waals surface area contributed by atoms with Gasteiger partial charge in [-0.25, -0.2) is 0 Å². The number of piperazine rings is 1. The van der Waals surface area contributed by atoms with Gasteiger partial charge < -0.3 is 14.9 Å². The number of aliphatic hydroxyl groups excluding tert-OH is 1. The highest BCUT2D eigenvalue weighted by molar-refractivity contribution is 5.81. The number of carbonyl (C=O) groups excluding carboxylic acids is 2. The van der Waals surface area contributed by atoms with E-state index >= 15 is 0 Å². The molecule has 1 aliphatic heterocycles. The Bertz CT molecular complexity index is 334. The van der Waals surface area contributed by atoms with E-state index in [0.717, 1.165) is 12.8 Å². The standard InChI is InChI=1S/C15H28N2O3/c1-5-6-13(11(2)3)15(20)17-9-7-16(8-10-17)14(19)12(4)18/h11-13,18H,5-10H2,1-4H3. The zero-order chi connectivity index (χ0) is 15.3. The Morgan fingerprint density at radius 1 is 1.00 bits per heavy atom. The zero-order valence-corrected chi connectivity index (χ0v) is 13.1. The summed E-state index contributed by atoms with van der Waals surface area (Å²) in [6.07, 6.45) is 0.971. The molecule has 1 aliphatic rings. The molecule has 0 saturated carbocycles. The van der Waals surface area contributed by atoms with Gasteiger partial charge in [0.25, 0.3) is 5.91 Å². The van der Waals surface area contributed by atoms with Crippen molar-refractivity contribution in [2.75, 3.05) is 26.2 Å². The molecule has 0 aromatic heterocycles. The molecule has 0 aromatic rings. The van der Waals surface area contributed by atoms with Gasteiger partial charge in [0.15, 0.2) is 0 Å². The number of hydrogen-bond donors (Lipinski definition) is 1. The summed E-state index contributed by atoms with van der Waals surface area (Å²) in [6, 6.07) is 0. The molecule has 5 heteroatoms. The van der Waals surface area contributed by atoms with E-state index in [0.29, 0.717) is 32.1 Å². The Morgan fingerprint density at radius 3 is 1.80 bits per heavy atom. The largest absolute Gasteiger partial charge is 0.384 e. The average Bonchev–Trinajstić information content (AvgIpc) is 2.43. The highest BCUT2D eigenvalue weighted by Crippen LogP contribution is 2.21. The van der Waals surface area contributed by atoms with Crippen LogP contribution in [0.2, 0.25) is 0 Å². The molecule has 2 atom stereocenters. The summed E-state index contributed by atoms with van der Waals surface area (Å²) in [6.45, 7) is 9.95. The zero-order valence-electron chi connectivity index (χ0n) is 13.1. The molecule has 0 aromatic carbocycles. The maximum Gasteiger partial charge on any atom is 0.251 e. The van der Waals surface area contributed by atoms with E-state index in [9.17, 15) is 14.7 Å². The molecular weight excluding hydrogens is 256 g/mol. The molecule has 1 heterocycles. The first-order chi connectivity index (χ1) is 9.38. The van der Waals surface area contributed by atoms with Gasteiger partial charge in [-0.15, -0.1) is 0 Å². The van der Waals surface area contributed by atoms with E-state index in [1.54, 1.807) is 4.90 Å². The lowest BCUT2D eigenvalue weighted by molar-refractivity contribution is -0.146. The summed E-state index contributed by atoms with van der Waals surface area (Å²) in [5.41, 5.74) is 0. The third kappa shape index (κ3) is 4.20. The topological polar surface area (TPSA) is 60.9 Å². The van der Waals surface area contributed by atoms with E-state index in [1.807, 2.05) is 4.90 Å². The molecule has 0 radical (unpaired) electrons. The van der Waals surface area contributed by atoms with Crippen molar-refractivity contribution in [3.8, 4) is 0 Å². The molecule has 1 N–H and O–H groups in total. The molecule has 1 fully saturated rings. The van der Waals surface area contributed by atoms with Crippen LogP contribution in [-0.2, 0) is 9.59 Å². The molecule has 116 valence electrons. The van der Waals surface area contributed by atoms with E-state index in [1.165, 1.54) is 6.92 Å². The lowest BCUT2D eigenvalue weighted by Gasteiger charge is -2.37.